The van der Waals surface area contributed by atoms with E-state index in [9.17, 15) is 5.11 Å². The topological polar surface area (TPSA) is 23.5 Å². The van der Waals surface area contributed by atoms with Crippen LogP contribution in [0.5, 0.6) is 5.75 Å². The second-order valence-corrected chi connectivity index (χ2v) is 8.38. The van der Waals surface area contributed by atoms with Crippen LogP contribution in [-0.4, -0.2) is 29.1 Å². The molecule has 1 aromatic carbocycles. The summed E-state index contributed by atoms with van der Waals surface area (Å²) in [5.41, 5.74) is 3.38. The molecule has 1 N–H and O–H groups in total. The van der Waals surface area contributed by atoms with Gasteiger partial charge in [-0.15, -0.1) is 0 Å². The zero-order valence-electron chi connectivity index (χ0n) is 14.7. The lowest BCUT2D eigenvalue weighted by Gasteiger charge is -2.59. The van der Waals surface area contributed by atoms with Crippen molar-refractivity contribution >= 4 is 0 Å². The maximum Gasteiger partial charge on any atom is 0.115 e. The average Bonchev–Trinajstić information content (AvgIpc) is 2.57. The number of piperidine rings is 1. The van der Waals surface area contributed by atoms with E-state index in [-0.39, 0.29) is 0 Å². The van der Waals surface area contributed by atoms with Crippen LogP contribution in [0, 0.1) is 11.8 Å². The molecule has 23 heavy (non-hydrogen) atoms. The predicted octanol–water partition coefficient (Wildman–Crippen LogP) is 4.50. The summed E-state index contributed by atoms with van der Waals surface area (Å²) in [6.45, 7) is 7.23. The number of likely N-dealkylation sites (tertiary alicyclic amines) is 1. The summed E-state index contributed by atoms with van der Waals surface area (Å²) in [6.07, 6.45) is 9.25. The maximum absolute atomic E-state index is 10.1. The molecule has 2 heteroatoms. The van der Waals surface area contributed by atoms with Crippen molar-refractivity contribution in [3.05, 3.63) is 29.3 Å². The first kappa shape index (κ1) is 15.5. The Morgan fingerprint density at radius 2 is 2.17 bits per heavy atom. The highest BCUT2D eigenvalue weighted by Gasteiger charge is 2.53. The molecule has 1 saturated heterocycles. The lowest BCUT2D eigenvalue weighted by atomic mass is 9.52. The SMILES string of the molecule is CCC(C)CN1CC[C@]23CCCC[C@H]2[C@@H]1Cc1ccc(O)cc13. The summed E-state index contributed by atoms with van der Waals surface area (Å²) in [5.74, 6) is 2.07. The van der Waals surface area contributed by atoms with Crippen molar-refractivity contribution in [1.82, 2.24) is 4.90 Å². The van der Waals surface area contributed by atoms with E-state index in [1.54, 1.807) is 0 Å². The Bertz CT molecular complexity index is 583. The first-order valence-corrected chi connectivity index (χ1v) is 9.70. The highest BCUT2D eigenvalue weighted by Crippen LogP contribution is 2.56. The Kier molecular flexibility index (Phi) is 3.91. The van der Waals surface area contributed by atoms with E-state index in [4.69, 9.17) is 0 Å². The Morgan fingerprint density at radius 3 is 3.00 bits per heavy atom. The molecule has 1 unspecified atom stereocenters. The summed E-state index contributed by atoms with van der Waals surface area (Å²) >= 11 is 0. The molecule has 1 heterocycles. The maximum atomic E-state index is 10.1. The molecule has 1 aromatic rings. The molecule has 1 saturated carbocycles. The lowest BCUT2D eigenvalue weighted by Crippen LogP contribution is -2.61. The molecular weight excluding hydrogens is 282 g/mol. The molecule has 0 spiro atoms. The van der Waals surface area contributed by atoms with Gasteiger partial charge in [-0.05, 0) is 67.3 Å². The van der Waals surface area contributed by atoms with E-state index in [1.807, 2.05) is 6.07 Å². The van der Waals surface area contributed by atoms with Crippen molar-refractivity contribution in [1.29, 1.82) is 0 Å². The Labute approximate surface area is 140 Å². The van der Waals surface area contributed by atoms with E-state index in [0.29, 0.717) is 11.2 Å². The number of hydrogen-bond donors (Lipinski definition) is 1. The first-order valence-electron chi connectivity index (χ1n) is 9.70. The Hall–Kier alpha value is -1.02. The molecule has 2 aliphatic carbocycles. The van der Waals surface area contributed by atoms with Gasteiger partial charge in [-0.2, -0.15) is 0 Å². The van der Waals surface area contributed by atoms with E-state index in [1.165, 1.54) is 69.2 Å². The first-order chi connectivity index (χ1) is 11.1. The summed E-state index contributed by atoms with van der Waals surface area (Å²) in [4.78, 5) is 2.82. The van der Waals surface area contributed by atoms with Gasteiger partial charge in [0.1, 0.15) is 5.75 Å². The average molecular weight is 313 g/mol. The van der Waals surface area contributed by atoms with Crippen LogP contribution in [0.15, 0.2) is 18.2 Å². The van der Waals surface area contributed by atoms with E-state index >= 15 is 0 Å². The molecular formula is C21H31NO. The summed E-state index contributed by atoms with van der Waals surface area (Å²) < 4.78 is 0. The van der Waals surface area contributed by atoms with Gasteiger partial charge in [0, 0.05) is 18.0 Å². The van der Waals surface area contributed by atoms with Gasteiger partial charge in [0.25, 0.3) is 0 Å². The fraction of sp³-hybridized carbons (Fsp3) is 0.714. The fourth-order valence-electron chi connectivity index (χ4n) is 5.83. The zero-order valence-corrected chi connectivity index (χ0v) is 14.7. The quantitative estimate of drug-likeness (QED) is 0.888. The van der Waals surface area contributed by atoms with Gasteiger partial charge in [-0.1, -0.05) is 39.2 Å². The monoisotopic (exact) mass is 313 g/mol. The summed E-state index contributed by atoms with van der Waals surface area (Å²) in [5, 5.41) is 10.1. The number of benzene rings is 1. The molecule has 2 nitrogen and oxygen atoms in total. The molecule has 4 atom stereocenters. The van der Waals surface area contributed by atoms with Crippen LogP contribution in [0.4, 0.5) is 0 Å². The van der Waals surface area contributed by atoms with Gasteiger partial charge in [-0.3, -0.25) is 4.90 Å². The van der Waals surface area contributed by atoms with Crippen LogP contribution >= 0.6 is 0 Å². The number of rotatable bonds is 3. The fourth-order valence-corrected chi connectivity index (χ4v) is 5.83. The minimum absolute atomic E-state index is 0.362. The second-order valence-electron chi connectivity index (χ2n) is 8.38. The molecule has 0 amide bonds. The molecule has 126 valence electrons. The third-order valence-electron chi connectivity index (χ3n) is 7.18. The van der Waals surface area contributed by atoms with Crippen molar-refractivity contribution in [3.8, 4) is 5.75 Å². The van der Waals surface area contributed by atoms with Crippen LogP contribution in [-0.2, 0) is 11.8 Å². The number of phenols is 1. The number of phenolic OH excluding ortho intramolecular Hbond substituents is 1. The van der Waals surface area contributed by atoms with E-state index in [0.717, 1.165) is 17.9 Å². The van der Waals surface area contributed by atoms with Gasteiger partial charge in [-0.25, -0.2) is 0 Å². The number of aromatic hydroxyl groups is 1. The molecule has 2 fully saturated rings. The molecule has 0 radical (unpaired) electrons. The predicted molar refractivity (Wildman–Crippen MR) is 94.9 cm³/mol. The van der Waals surface area contributed by atoms with Crippen molar-refractivity contribution in [2.24, 2.45) is 11.8 Å². The van der Waals surface area contributed by atoms with Crippen molar-refractivity contribution in [3.63, 3.8) is 0 Å². The van der Waals surface area contributed by atoms with Crippen LogP contribution in [0.2, 0.25) is 0 Å². The number of hydrogen-bond acceptors (Lipinski definition) is 2. The van der Waals surface area contributed by atoms with E-state index in [2.05, 4.69) is 30.9 Å². The van der Waals surface area contributed by atoms with Crippen LogP contribution in [0.3, 0.4) is 0 Å². The zero-order chi connectivity index (χ0) is 16.0. The minimum atomic E-state index is 0.362. The van der Waals surface area contributed by atoms with Gasteiger partial charge in [0.15, 0.2) is 0 Å². The minimum Gasteiger partial charge on any atom is -0.508 e. The van der Waals surface area contributed by atoms with Gasteiger partial charge in [0.2, 0.25) is 0 Å². The smallest absolute Gasteiger partial charge is 0.115 e. The van der Waals surface area contributed by atoms with Crippen molar-refractivity contribution in [2.75, 3.05) is 13.1 Å². The van der Waals surface area contributed by atoms with Crippen molar-refractivity contribution < 1.29 is 5.11 Å². The van der Waals surface area contributed by atoms with Gasteiger partial charge >= 0.3 is 0 Å². The van der Waals surface area contributed by atoms with E-state index < -0.39 is 0 Å². The standard InChI is InChI=1S/C21H31NO/c1-3-15(2)14-22-11-10-21-9-5-4-6-18(21)20(22)12-16-7-8-17(23)13-19(16)21/h7-8,13,15,18,20,23H,3-6,9-12,14H2,1-2H3/t15?,18-,20-,21+/m0/s1. The second kappa shape index (κ2) is 5.81. The molecule has 3 aliphatic rings. The summed E-state index contributed by atoms with van der Waals surface area (Å²) in [6, 6.07) is 6.94. The number of fused-ring (bicyclic) bond motifs is 1. The van der Waals surface area contributed by atoms with Crippen LogP contribution in [0.1, 0.15) is 63.5 Å². The molecule has 4 rings (SSSR count). The van der Waals surface area contributed by atoms with Gasteiger partial charge < -0.3 is 5.11 Å². The van der Waals surface area contributed by atoms with Crippen LogP contribution < -0.4 is 0 Å². The molecule has 1 aliphatic heterocycles. The molecule has 0 aromatic heterocycles. The highest BCUT2D eigenvalue weighted by atomic mass is 16.3. The highest BCUT2D eigenvalue weighted by molar-refractivity contribution is 5.45. The third kappa shape index (κ3) is 2.41. The van der Waals surface area contributed by atoms with Crippen molar-refractivity contribution in [2.45, 2.75) is 70.3 Å². The Morgan fingerprint density at radius 1 is 1.30 bits per heavy atom. The Balaban J connectivity index is 1.73. The third-order valence-corrected chi connectivity index (χ3v) is 7.18. The lowest BCUT2D eigenvalue weighted by molar-refractivity contribution is -0.0176. The largest absolute Gasteiger partial charge is 0.508 e. The van der Waals surface area contributed by atoms with Gasteiger partial charge in [0.05, 0.1) is 0 Å². The van der Waals surface area contributed by atoms with Crippen LogP contribution in [0.25, 0.3) is 0 Å². The molecule has 2 bridgehead atoms. The normalized spacial score (nSPS) is 34.5. The summed E-state index contributed by atoms with van der Waals surface area (Å²) in [7, 11) is 0. The number of nitrogens with zero attached hydrogens (tertiary/aromatic N) is 1.